The van der Waals surface area contributed by atoms with E-state index in [9.17, 15) is 4.79 Å². The number of nitrogens with two attached hydrogens (primary N) is 1. The standard InChI is InChI=1S/C23H28N4O2/c1-13-8-16-19(9-14(13)2)29-21(24)17(20(16)28)12-27-7-6-18-15(11-27)10-25-22(26-18)23(3,4)5/h8-10H,6-7,11-12,24H2,1-5H3. The Bertz CT molecular complexity index is 1160. The van der Waals surface area contributed by atoms with Gasteiger partial charge < -0.3 is 10.2 Å². The molecule has 0 unspecified atom stereocenters. The van der Waals surface area contributed by atoms with Crippen LogP contribution in [0, 0.1) is 13.8 Å². The molecule has 0 spiro atoms. The summed E-state index contributed by atoms with van der Waals surface area (Å²) in [6.07, 6.45) is 2.76. The minimum atomic E-state index is -0.0683. The molecule has 3 aromatic rings. The molecule has 1 aliphatic rings. The van der Waals surface area contributed by atoms with Crippen molar-refractivity contribution in [3.63, 3.8) is 0 Å². The Hall–Kier alpha value is -2.73. The fourth-order valence-electron chi connectivity index (χ4n) is 3.75. The number of hydrogen-bond acceptors (Lipinski definition) is 6. The van der Waals surface area contributed by atoms with E-state index < -0.39 is 0 Å². The first-order chi connectivity index (χ1) is 13.6. The summed E-state index contributed by atoms with van der Waals surface area (Å²) in [5.74, 6) is 1.07. The molecule has 0 saturated carbocycles. The zero-order valence-electron chi connectivity index (χ0n) is 17.8. The Morgan fingerprint density at radius 3 is 2.66 bits per heavy atom. The molecule has 1 aliphatic heterocycles. The molecule has 6 heteroatoms. The van der Waals surface area contributed by atoms with Crippen LogP contribution in [0.3, 0.4) is 0 Å². The second kappa shape index (κ2) is 6.95. The molecule has 152 valence electrons. The highest BCUT2D eigenvalue weighted by Crippen LogP contribution is 2.25. The number of nitrogens with zero attached hydrogens (tertiary/aromatic N) is 3. The minimum absolute atomic E-state index is 0.0445. The summed E-state index contributed by atoms with van der Waals surface area (Å²) in [7, 11) is 0. The van der Waals surface area contributed by atoms with Gasteiger partial charge in [-0.3, -0.25) is 9.69 Å². The van der Waals surface area contributed by atoms with Crippen LogP contribution in [0.5, 0.6) is 0 Å². The fourth-order valence-corrected chi connectivity index (χ4v) is 3.75. The first kappa shape index (κ1) is 19.6. The third kappa shape index (κ3) is 3.65. The summed E-state index contributed by atoms with van der Waals surface area (Å²) in [5.41, 5.74) is 11.5. The average molecular weight is 393 g/mol. The maximum absolute atomic E-state index is 13.1. The highest BCUT2D eigenvalue weighted by atomic mass is 16.3. The molecule has 0 bridgehead atoms. The molecule has 0 atom stereocenters. The lowest BCUT2D eigenvalue weighted by Gasteiger charge is -2.29. The number of benzene rings is 1. The van der Waals surface area contributed by atoms with Crippen molar-refractivity contribution in [1.29, 1.82) is 0 Å². The van der Waals surface area contributed by atoms with E-state index in [1.165, 1.54) is 0 Å². The van der Waals surface area contributed by atoms with Crippen molar-refractivity contribution in [1.82, 2.24) is 14.9 Å². The van der Waals surface area contributed by atoms with E-state index in [0.717, 1.165) is 41.2 Å². The van der Waals surface area contributed by atoms with E-state index in [1.54, 1.807) is 0 Å². The molecule has 6 nitrogen and oxygen atoms in total. The van der Waals surface area contributed by atoms with Crippen LogP contribution in [0.4, 0.5) is 5.88 Å². The first-order valence-electron chi connectivity index (χ1n) is 10.0. The molecule has 0 radical (unpaired) electrons. The van der Waals surface area contributed by atoms with Gasteiger partial charge in [0.25, 0.3) is 0 Å². The third-order valence-corrected chi connectivity index (χ3v) is 5.70. The molecular formula is C23H28N4O2. The maximum Gasteiger partial charge on any atom is 0.199 e. The molecule has 1 aromatic carbocycles. The second-order valence-corrected chi connectivity index (χ2v) is 9.08. The van der Waals surface area contributed by atoms with Crippen LogP contribution in [0.1, 0.15) is 54.5 Å². The van der Waals surface area contributed by atoms with Gasteiger partial charge in [0.05, 0.1) is 10.9 Å². The third-order valence-electron chi connectivity index (χ3n) is 5.70. The smallest absolute Gasteiger partial charge is 0.199 e. The molecule has 2 aromatic heterocycles. The van der Waals surface area contributed by atoms with E-state index in [2.05, 4.69) is 30.7 Å². The van der Waals surface area contributed by atoms with Crippen LogP contribution in [-0.2, 0) is 24.9 Å². The predicted molar refractivity (Wildman–Crippen MR) is 115 cm³/mol. The Labute approximate surface area is 170 Å². The second-order valence-electron chi connectivity index (χ2n) is 9.08. The number of hydrogen-bond donors (Lipinski definition) is 1. The number of nitrogen functional groups attached to an aromatic ring is 1. The summed E-state index contributed by atoms with van der Waals surface area (Å²) < 4.78 is 5.80. The molecule has 3 heterocycles. The van der Waals surface area contributed by atoms with Crippen LogP contribution >= 0.6 is 0 Å². The van der Waals surface area contributed by atoms with Gasteiger partial charge in [-0.05, 0) is 37.1 Å². The number of aryl methyl sites for hydroxylation is 2. The Morgan fingerprint density at radius 2 is 1.93 bits per heavy atom. The summed E-state index contributed by atoms with van der Waals surface area (Å²) in [6.45, 7) is 12.3. The normalized spacial score (nSPS) is 14.9. The lowest BCUT2D eigenvalue weighted by atomic mass is 9.95. The first-order valence-corrected chi connectivity index (χ1v) is 10.0. The minimum Gasteiger partial charge on any atom is -0.440 e. The van der Waals surface area contributed by atoms with E-state index in [-0.39, 0.29) is 16.7 Å². The zero-order chi connectivity index (χ0) is 20.9. The Morgan fingerprint density at radius 1 is 1.21 bits per heavy atom. The van der Waals surface area contributed by atoms with Gasteiger partial charge in [-0.15, -0.1) is 0 Å². The van der Waals surface area contributed by atoms with Crippen molar-refractivity contribution in [3.8, 4) is 0 Å². The zero-order valence-corrected chi connectivity index (χ0v) is 17.8. The van der Waals surface area contributed by atoms with Gasteiger partial charge in [0.1, 0.15) is 11.4 Å². The molecule has 0 saturated heterocycles. The highest BCUT2D eigenvalue weighted by molar-refractivity contribution is 5.80. The number of anilines is 1. The molecule has 0 amide bonds. The molecule has 0 fully saturated rings. The van der Waals surface area contributed by atoms with Gasteiger partial charge in [-0.1, -0.05) is 20.8 Å². The van der Waals surface area contributed by atoms with Crippen LogP contribution in [0.15, 0.2) is 27.5 Å². The quantitative estimate of drug-likeness (QED) is 0.717. The van der Waals surface area contributed by atoms with Crippen molar-refractivity contribution >= 4 is 16.9 Å². The summed E-state index contributed by atoms with van der Waals surface area (Å²) >= 11 is 0. The van der Waals surface area contributed by atoms with Crippen LogP contribution < -0.4 is 11.2 Å². The van der Waals surface area contributed by atoms with Gasteiger partial charge in [0.15, 0.2) is 11.3 Å². The van der Waals surface area contributed by atoms with E-state index in [0.29, 0.717) is 29.6 Å². The Kier molecular flexibility index (Phi) is 4.69. The van der Waals surface area contributed by atoms with Crippen molar-refractivity contribution in [2.75, 3.05) is 12.3 Å². The fraction of sp³-hybridized carbons (Fsp3) is 0.435. The van der Waals surface area contributed by atoms with Crippen LogP contribution in [0.25, 0.3) is 11.0 Å². The Balaban J connectivity index is 1.63. The summed E-state index contributed by atoms with van der Waals surface area (Å²) in [5, 5.41) is 0.591. The number of fused-ring (bicyclic) bond motifs is 2. The van der Waals surface area contributed by atoms with Crippen LogP contribution in [0.2, 0.25) is 0 Å². The molecule has 0 aliphatic carbocycles. The molecule has 2 N–H and O–H groups in total. The van der Waals surface area contributed by atoms with Crippen molar-refractivity contribution in [2.24, 2.45) is 0 Å². The summed E-state index contributed by atoms with van der Waals surface area (Å²) in [4.78, 5) is 24.6. The lowest BCUT2D eigenvalue weighted by molar-refractivity contribution is 0.240. The van der Waals surface area contributed by atoms with Gasteiger partial charge in [0, 0.05) is 48.9 Å². The van der Waals surface area contributed by atoms with Crippen molar-refractivity contribution in [3.05, 3.63) is 62.3 Å². The summed E-state index contributed by atoms with van der Waals surface area (Å²) in [6, 6.07) is 3.78. The highest BCUT2D eigenvalue weighted by Gasteiger charge is 2.24. The van der Waals surface area contributed by atoms with E-state index >= 15 is 0 Å². The number of rotatable bonds is 2. The maximum atomic E-state index is 13.1. The largest absolute Gasteiger partial charge is 0.440 e. The monoisotopic (exact) mass is 392 g/mol. The average Bonchev–Trinajstić information content (AvgIpc) is 2.66. The van der Waals surface area contributed by atoms with Crippen LogP contribution in [-0.4, -0.2) is 21.4 Å². The van der Waals surface area contributed by atoms with Crippen molar-refractivity contribution < 1.29 is 4.42 Å². The molecular weight excluding hydrogens is 364 g/mol. The van der Waals surface area contributed by atoms with Gasteiger partial charge >= 0.3 is 0 Å². The topological polar surface area (TPSA) is 85.2 Å². The lowest BCUT2D eigenvalue weighted by Crippen LogP contribution is -2.33. The van der Waals surface area contributed by atoms with Gasteiger partial charge in [-0.25, -0.2) is 9.97 Å². The van der Waals surface area contributed by atoms with Crippen molar-refractivity contribution in [2.45, 2.75) is 59.5 Å². The van der Waals surface area contributed by atoms with Gasteiger partial charge in [0.2, 0.25) is 0 Å². The predicted octanol–water partition coefficient (Wildman–Crippen LogP) is 3.64. The molecule has 29 heavy (non-hydrogen) atoms. The van der Waals surface area contributed by atoms with E-state index in [1.807, 2.05) is 32.2 Å². The molecule has 4 rings (SSSR count). The SMILES string of the molecule is Cc1cc2oc(N)c(CN3CCc4nc(C(C)(C)C)ncc4C3)c(=O)c2cc1C. The number of aromatic nitrogens is 2. The van der Waals surface area contributed by atoms with E-state index in [4.69, 9.17) is 15.1 Å². The van der Waals surface area contributed by atoms with Gasteiger partial charge in [-0.2, -0.15) is 0 Å².